The second kappa shape index (κ2) is 14.0. The van der Waals surface area contributed by atoms with Gasteiger partial charge in [-0.2, -0.15) is 0 Å². The maximum Gasteiger partial charge on any atom is 0.264 e. The summed E-state index contributed by atoms with van der Waals surface area (Å²) in [6.45, 7) is 4.12. The van der Waals surface area contributed by atoms with Crippen LogP contribution in [-0.2, 0) is 14.3 Å². The van der Waals surface area contributed by atoms with E-state index >= 15 is 0 Å². The molecule has 2 fully saturated rings. The number of ether oxygens (including phenoxy) is 2. The first-order valence-corrected chi connectivity index (χ1v) is 14.8. The Balaban J connectivity index is 1.04. The lowest BCUT2D eigenvalue weighted by atomic mass is 9.98. The third kappa shape index (κ3) is 6.89. The second-order valence-electron chi connectivity index (χ2n) is 11.1. The monoisotopic (exact) mass is 609 g/mol. The Hall–Kier alpha value is -4.36. The van der Waals surface area contributed by atoms with Gasteiger partial charge in [0.05, 0.1) is 37.0 Å². The van der Waals surface area contributed by atoms with E-state index in [0.29, 0.717) is 44.3 Å². The lowest BCUT2D eigenvalue weighted by Gasteiger charge is -2.32. The zero-order valence-electron chi connectivity index (χ0n) is 24.5. The summed E-state index contributed by atoms with van der Waals surface area (Å²) in [5.41, 5.74) is 0.869. The molecule has 2 saturated heterocycles. The van der Waals surface area contributed by atoms with Crippen LogP contribution in [0.3, 0.4) is 0 Å². The standard InChI is InChI=1S/C31H36FN5O7/c1-43-20-7-8-23(32)22(16-20)28(39)34-17-19-4-3-12-36(18-19)13-15-44-14-11-33-24-6-2-5-21-27(24)31(42)37(30(21)41)25-9-10-26(38)35-29(25)40/h2,5-8,16,19,25,33H,3-4,9-15,17-18H2,1H3,(H,34,39)(H,35,38,40). The molecule has 0 saturated carbocycles. The molecule has 3 heterocycles. The summed E-state index contributed by atoms with van der Waals surface area (Å²) in [6.07, 6.45) is 2.11. The molecule has 2 aromatic rings. The highest BCUT2D eigenvalue weighted by molar-refractivity contribution is 6.25. The van der Waals surface area contributed by atoms with Crippen molar-refractivity contribution >= 4 is 35.2 Å². The predicted octanol–water partition coefficient (Wildman–Crippen LogP) is 1.81. The van der Waals surface area contributed by atoms with E-state index in [-0.39, 0.29) is 35.4 Å². The minimum atomic E-state index is -1.02. The van der Waals surface area contributed by atoms with E-state index in [9.17, 15) is 28.4 Å². The van der Waals surface area contributed by atoms with Gasteiger partial charge in [-0.25, -0.2) is 4.39 Å². The van der Waals surface area contributed by atoms with E-state index in [4.69, 9.17) is 9.47 Å². The fraction of sp³-hybridized carbons (Fsp3) is 0.452. The number of hydrogen-bond donors (Lipinski definition) is 3. The Morgan fingerprint density at radius 3 is 2.73 bits per heavy atom. The molecule has 5 amide bonds. The molecule has 234 valence electrons. The van der Waals surface area contributed by atoms with Crippen molar-refractivity contribution in [3.05, 3.63) is 58.9 Å². The summed E-state index contributed by atoms with van der Waals surface area (Å²) in [5, 5.41) is 8.21. The van der Waals surface area contributed by atoms with Crippen molar-refractivity contribution in [2.24, 2.45) is 5.92 Å². The van der Waals surface area contributed by atoms with Crippen molar-refractivity contribution < 1.29 is 37.8 Å². The SMILES string of the molecule is COc1ccc(F)c(C(=O)NCC2CCCN(CCOCCNc3cccc4c3C(=O)N(C3CCC(=O)NC3=O)C4=O)C2)c1. The number of likely N-dealkylation sites (tertiary alicyclic amines) is 1. The molecular weight excluding hydrogens is 573 g/mol. The van der Waals surface area contributed by atoms with Crippen LogP contribution in [0.4, 0.5) is 10.1 Å². The fourth-order valence-corrected chi connectivity index (χ4v) is 5.87. The van der Waals surface area contributed by atoms with Crippen LogP contribution in [0.1, 0.15) is 56.8 Å². The van der Waals surface area contributed by atoms with E-state index in [1.807, 2.05) is 0 Å². The predicted molar refractivity (Wildman–Crippen MR) is 157 cm³/mol. The fourth-order valence-electron chi connectivity index (χ4n) is 5.87. The highest BCUT2D eigenvalue weighted by Crippen LogP contribution is 2.32. The normalized spacial score (nSPS) is 20.4. The van der Waals surface area contributed by atoms with Crippen LogP contribution in [0.25, 0.3) is 0 Å². The first kappa shape index (κ1) is 31.1. The van der Waals surface area contributed by atoms with E-state index in [1.165, 1.54) is 25.3 Å². The van der Waals surface area contributed by atoms with Crippen molar-refractivity contribution in [3.63, 3.8) is 0 Å². The molecule has 2 atom stereocenters. The van der Waals surface area contributed by atoms with Crippen LogP contribution in [-0.4, -0.2) is 98.4 Å². The van der Waals surface area contributed by atoms with Gasteiger partial charge >= 0.3 is 0 Å². The van der Waals surface area contributed by atoms with E-state index in [0.717, 1.165) is 30.8 Å². The van der Waals surface area contributed by atoms with Crippen LogP contribution in [0.15, 0.2) is 36.4 Å². The Kier molecular flexibility index (Phi) is 9.85. The van der Waals surface area contributed by atoms with Crippen LogP contribution in [0.5, 0.6) is 5.75 Å². The molecule has 0 aliphatic carbocycles. The van der Waals surface area contributed by atoms with Gasteiger partial charge in [-0.3, -0.25) is 34.2 Å². The quantitative estimate of drug-likeness (QED) is 0.242. The summed E-state index contributed by atoms with van der Waals surface area (Å²) in [4.78, 5) is 65.8. The molecule has 0 radical (unpaired) electrons. The molecule has 13 heteroatoms. The van der Waals surface area contributed by atoms with E-state index in [1.54, 1.807) is 18.2 Å². The maximum atomic E-state index is 14.1. The number of rotatable bonds is 12. The van der Waals surface area contributed by atoms with Gasteiger partial charge in [0.1, 0.15) is 17.6 Å². The number of hydrogen-bond acceptors (Lipinski definition) is 9. The third-order valence-corrected chi connectivity index (χ3v) is 8.15. The summed E-state index contributed by atoms with van der Waals surface area (Å²) in [5.74, 6) is -2.57. The van der Waals surface area contributed by atoms with Gasteiger partial charge in [0.2, 0.25) is 11.8 Å². The summed E-state index contributed by atoms with van der Waals surface area (Å²) < 4.78 is 25.0. The van der Waals surface area contributed by atoms with Crippen LogP contribution >= 0.6 is 0 Å². The minimum Gasteiger partial charge on any atom is -0.497 e. The number of piperidine rings is 2. The van der Waals surface area contributed by atoms with Gasteiger partial charge in [0.25, 0.3) is 17.7 Å². The number of halogens is 1. The molecule has 2 aromatic carbocycles. The molecule has 44 heavy (non-hydrogen) atoms. The Morgan fingerprint density at radius 1 is 1.09 bits per heavy atom. The molecule has 3 aliphatic rings. The van der Waals surface area contributed by atoms with E-state index in [2.05, 4.69) is 20.9 Å². The lowest BCUT2D eigenvalue weighted by Crippen LogP contribution is -2.54. The second-order valence-corrected chi connectivity index (χ2v) is 11.1. The van der Waals surface area contributed by atoms with Crippen LogP contribution < -0.4 is 20.7 Å². The van der Waals surface area contributed by atoms with Gasteiger partial charge in [0.15, 0.2) is 0 Å². The zero-order chi connectivity index (χ0) is 31.2. The van der Waals surface area contributed by atoms with Gasteiger partial charge in [-0.15, -0.1) is 0 Å². The number of anilines is 1. The molecule has 0 spiro atoms. The van der Waals surface area contributed by atoms with Crippen molar-refractivity contribution in [2.45, 2.75) is 31.7 Å². The summed E-state index contributed by atoms with van der Waals surface area (Å²) in [6, 6.07) is 7.99. The smallest absolute Gasteiger partial charge is 0.264 e. The molecule has 3 N–H and O–H groups in total. The molecule has 0 bridgehead atoms. The Labute approximate surface area is 254 Å². The first-order valence-electron chi connectivity index (χ1n) is 14.8. The van der Waals surface area contributed by atoms with Gasteiger partial charge in [0, 0.05) is 38.3 Å². The number of carbonyl (C=O) groups excluding carboxylic acids is 5. The Bertz CT molecular complexity index is 1450. The number of fused-ring (bicyclic) bond motifs is 1. The third-order valence-electron chi connectivity index (χ3n) is 8.15. The van der Waals surface area contributed by atoms with Crippen LogP contribution in [0.2, 0.25) is 0 Å². The number of amides is 5. The maximum absolute atomic E-state index is 14.1. The molecular formula is C31H36FN5O7. The van der Waals surface area contributed by atoms with Gasteiger partial charge in [-0.05, 0) is 62.1 Å². The molecule has 3 aliphatic heterocycles. The average Bonchev–Trinajstić information content (AvgIpc) is 3.28. The average molecular weight is 610 g/mol. The molecule has 12 nitrogen and oxygen atoms in total. The Morgan fingerprint density at radius 2 is 1.93 bits per heavy atom. The number of benzene rings is 2. The topological polar surface area (TPSA) is 146 Å². The number of carbonyl (C=O) groups is 5. The number of nitrogens with zero attached hydrogens (tertiary/aromatic N) is 2. The van der Waals surface area contributed by atoms with Crippen molar-refractivity contribution in [3.8, 4) is 5.75 Å². The van der Waals surface area contributed by atoms with Gasteiger partial charge < -0.3 is 25.0 Å². The van der Waals surface area contributed by atoms with Gasteiger partial charge in [-0.1, -0.05) is 6.07 Å². The summed E-state index contributed by atoms with van der Waals surface area (Å²) >= 11 is 0. The molecule has 2 unspecified atom stereocenters. The van der Waals surface area contributed by atoms with Crippen LogP contribution in [0, 0.1) is 11.7 Å². The van der Waals surface area contributed by atoms with Crippen molar-refractivity contribution in [1.29, 1.82) is 0 Å². The van der Waals surface area contributed by atoms with Crippen molar-refractivity contribution in [1.82, 2.24) is 20.4 Å². The number of methoxy groups -OCH3 is 1. The minimum absolute atomic E-state index is 0.0397. The largest absolute Gasteiger partial charge is 0.497 e. The molecule has 0 aromatic heterocycles. The van der Waals surface area contributed by atoms with Crippen molar-refractivity contribution in [2.75, 3.05) is 58.4 Å². The number of imide groups is 2. The number of nitrogens with one attached hydrogen (secondary N) is 3. The summed E-state index contributed by atoms with van der Waals surface area (Å²) in [7, 11) is 1.46. The lowest BCUT2D eigenvalue weighted by molar-refractivity contribution is -0.136. The highest BCUT2D eigenvalue weighted by Gasteiger charge is 2.45. The highest BCUT2D eigenvalue weighted by atomic mass is 19.1. The first-order chi connectivity index (χ1) is 21.3. The zero-order valence-corrected chi connectivity index (χ0v) is 24.5. The molecule has 5 rings (SSSR count). The van der Waals surface area contributed by atoms with E-state index < -0.39 is 41.4 Å².